The molecule has 2 aliphatic heterocycles. The van der Waals surface area contributed by atoms with E-state index in [1.54, 1.807) is 23.4 Å². The Kier molecular flexibility index (Phi) is 7.46. The molecule has 2 saturated heterocycles. The highest BCUT2D eigenvalue weighted by Gasteiger charge is 2.39. The van der Waals surface area contributed by atoms with E-state index in [2.05, 4.69) is 49.1 Å². The Morgan fingerprint density at radius 2 is 1.86 bits per heavy atom. The largest absolute Gasteiger partial charge is 0.443 e. The number of amides is 1. The fourth-order valence-electron chi connectivity index (χ4n) is 5.98. The van der Waals surface area contributed by atoms with E-state index in [0.717, 1.165) is 31.4 Å². The maximum absolute atomic E-state index is 13.9. The fraction of sp³-hybridized carbons (Fsp3) is 0.536. The molecule has 3 aromatic heterocycles. The van der Waals surface area contributed by atoms with Crippen LogP contribution in [0.3, 0.4) is 0 Å². The zero-order valence-electron chi connectivity index (χ0n) is 24.1. The van der Waals surface area contributed by atoms with Gasteiger partial charge in [0.05, 0.1) is 11.0 Å². The minimum absolute atomic E-state index is 0.0690. The summed E-state index contributed by atoms with van der Waals surface area (Å²) in [5.41, 5.74) is 2.88. The summed E-state index contributed by atoms with van der Waals surface area (Å²) in [5, 5.41) is 3.77. The van der Waals surface area contributed by atoms with Gasteiger partial charge in [-0.2, -0.15) is 18.3 Å². The molecular formula is C28H34F3N9OS. The topological polar surface area (TPSA) is 99.1 Å². The molecule has 4 aromatic rings. The van der Waals surface area contributed by atoms with E-state index in [1.165, 1.54) is 5.56 Å². The van der Waals surface area contributed by atoms with Gasteiger partial charge in [-0.1, -0.05) is 17.4 Å². The molecule has 2 fully saturated rings. The summed E-state index contributed by atoms with van der Waals surface area (Å²) in [4.78, 5) is 35.3. The van der Waals surface area contributed by atoms with Crippen molar-refractivity contribution in [1.29, 1.82) is 0 Å². The third kappa shape index (κ3) is 5.61. The Labute approximate surface area is 245 Å². The minimum atomic E-state index is -4.58. The normalized spacial score (nSPS) is 19.3. The average molecular weight is 602 g/mol. The highest BCUT2D eigenvalue weighted by molar-refractivity contribution is 7.16. The second-order valence-corrected chi connectivity index (χ2v) is 12.3. The van der Waals surface area contributed by atoms with Crippen LogP contribution in [0.5, 0.6) is 0 Å². The van der Waals surface area contributed by atoms with Gasteiger partial charge in [-0.15, -0.1) is 0 Å². The maximum Gasteiger partial charge on any atom is 0.443 e. The lowest BCUT2D eigenvalue weighted by molar-refractivity contribution is -0.137. The number of halogens is 3. The summed E-state index contributed by atoms with van der Waals surface area (Å²) in [7, 11) is 2.13. The van der Waals surface area contributed by atoms with Crippen LogP contribution in [0.25, 0.3) is 22.6 Å². The Morgan fingerprint density at radius 1 is 1.10 bits per heavy atom. The number of imidazole rings is 1. The Morgan fingerprint density at radius 3 is 2.52 bits per heavy atom. The lowest BCUT2D eigenvalue weighted by Crippen LogP contribution is -2.54. The number of hydrogen-bond acceptors (Lipinski definition) is 8. The lowest BCUT2D eigenvalue weighted by Gasteiger charge is -2.40. The number of fused-ring (bicyclic) bond motifs is 1. The molecule has 42 heavy (non-hydrogen) atoms. The molecule has 0 saturated carbocycles. The Bertz CT molecular complexity index is 1600. The number of piperidine rings is 1. The third-order valence-corrected chi connectivity index (χ3v) is 9.42. The van der Waals surface area contributed by atoms with Crippen LogP contribution in [0, 0.1) is 13.8 Å². The number of hydrogen-bond donors (Lipinski definition) is 1. The molecule has 5 heterocycles. The summed E-state index contributed by atoms with van der Waals surface area (Å²) >= 11 is 0.622. The molecule has 1 amide bonds. The van der Waals surface area contributed by atoms with Crippen LogP contribution in [0.2, 0.25) is 0 Å². The van der Waals surface area contributed by atoms with Gasteiger partial charge >= 0.3 is 6.18 Å². The fourth-order valence-corrected chi connectivity index (χ4v) is 6.95. The number of anilines is 1. The van der Waals surface area contributed by atoms with Crippen LogP contribution in [-0.2, 0) is 17.5 Å². The van der Waals surface area contributed by atoms with Crippen LogP contribution in [0.4, 0.5) is 18.2 Å². The molecule has 14 heteroatoms. The number of carbonyl (C=O) groups is 1. The summed E-state index contributed by atoms with van der Waals surface area (Å²) < 4.78 is 43.2. The van der Waals surface area contributed by atoms with Gasteiger partial charge in [-0.05, 0) is 77.4 Å². The van der Waals surface area contributed by atoms with Gasteiger partial charge in [-0.25, -0.2) is 19.6 Å². The van der Waals surface area contributed by atoms with Gasteiger partial charge in [0.2, 0.25) is 10.9 Å². The quantitative estimate of drug-likeness (QED) is 0.361. The molecule has 224 valence electrons. The van der Waals surface area contributed by atoms with E-state index in [9.17, 15) is 18.0 Å². The number of benzene rings is 1. The van der Waals surface area contributed by atoms with Crippen molar-refractivity contribution in [2.24, 2.45) is 0 Å². The first-order chi connectivity index (χ1) is 20.0. The van der Waals surface area contributed by atoms with Gasteiger partial charge in [0.1, 0.15) is 28.9 Å². The van der Waals surface area contributed by atoms with Gasteiger partial charge in [-0.3, -0.25) is 4.79 Å². The molecule has 6 rings (SSSR count). The van der Waals surface area contributed by atoms with Crippen LogP contribution >= 0.6 is 11.3 Å². The van der Waals surface area contributed by atoms with Crippen LogP contribution in [0.1, 0.15) is 47.9 Å². The van der Waals surface area contributed by atoms with Gasteiger partial charge in [0.15, 0.2) is 5.82 Å². The summed E-state index contributed by atoms with van der Waals surface area (Å²) in [6.07, 6.45) is -2.44. The monoisotopic (exact) mass is 601 g/mol. The number of nitrogens with one attached hydrogen (secondary N) is 1. The zero-order chi connectivity index (χ0) is 29.8. The van der Waals surface area contributed by atoms with Crippen molar-refractivity contribution in [1.82, 2.24) is 39.5 Å². The van der Waals surface area contributed by atoms with E-state index in [1.807, 2.05) is 17.9 Å². The first kappa shape index (κ1) is 28.6. The summed E-state index contributed by atoms with van der Waals surface area (Å²) in [5.74, 6) is 1.91. The molecule has 0 bridgehead atoms. The number of H-pyrrole nitrogens is 1. The standard InChI is InChI=1S/C28H34F3N9OS/c1-16-14-38(11-12-39(16)23(41)15-40-18(3)32-17(2)36-40)26-24(35-27(42-26)28(29,30)31)25-33-21-6-5-20(13-22(21)34-25)19-7-9-37(4)10-8-19/h5-6,13,16,19H,7-12,14-15H2,1-4H3,(H,33,34)/t16-/m1/s1. The number of alkyl halides is 3. The van der Waals surface area contributed by atoms with Crippen molar-refractivity contribution >= 4 is 33.3 Å². The minimum Gasteiger partial charge on any atom is -0.358 e. The number of aromatic nitrogens is 6. The molecule has 0 unspecified atom stereocenters. The van der Waals surface area contributed by atoms with Crippen molar-refractivity contribution in [3.05, 3.63) is 40.4 Å². The molecular weight excluding hydrogens is 567 g/mol. The number of thiazole rings is 1. The number of likely N-dealkylation sites (tertiary alicyclic amines) is 1. The maximum atomic E-state index is 13.9. The number of piperazine rings is 1. The molecule has 0 spiro atoms. The zero-order valence-corrected chi connectivity index (χ0v) is 24.9. The van der Waals surface area contributed by atoms with Gasteiger partial charge in [0, 0.05) is 25.7 Å². The first-order valence-corrected chi connectivity index (χ1v) is 15.0. The Hall–Kier alpha value is -3.52. The predicted molar refractivity (Wildman–Crippen MR) is 155 cm³/mol. The molecule has 0 radical (unpaired) electrons. The number of rotatable bonds is 5. The number of aromatic amines is 1. The highest BCUT2D eigenvalue weighted by atomic mass is 32.1. The predicted octanol–water partition coefficient (Wildman–Crippen LogP) is 4.46. The Balaban J connectivity index is 1.25. The number of aryl methyl sites for hydroxylation is 2. The van der Waals surface area contributed by atoms with Crippen LogP contribution in [-0.4, -0.2) is 91.2 Å². The van der Waals surface area contributed by atoms with E-state index in [0.29, 0.717) is 64.9 Å². The smallest absolute Gasteiger partial charge is 0.358 e. The first-order valence-electron chi connectivity index (χ1n) is 14.2. The van der Waals surface area contributed by atoms with Crippen molar-refractivity contribution in [2.45, 2.75) is 58.3 Å². The second-order valence-electron chi connectivity index (χ2n) is 11.4. The molecule has 0 aliphatic carbocycles. The molecule has 1 aromatic carbocycles. The van der Waals surface area contributed by atoms with Crippen molar-refractivity contribution in [3.8, 4) is 11.5 Å². The summed E-state index contributed by atoms with van der Waals surface area (Å²) in [6, 6.07) is 5.85. The van der Waals surface area contributed by atoms with E-state index in [4.69, 9.17) is 0 Å². The van der Waals surface area contributed by atoms with Gasteiger partial charge < -0.3 is 19.7 Å². The van der Waals surface area contributed by atoms with E-state index >= 15 is 0 Å². The molecule has 10 nitrogen and oxygen atoms in total. The molecule has 1 N–H and O–H groups in total. The SMILES string of the molecule is Cc1nc(C)n(CC(=O)N2CCN(c3sc(C(F)(F)F)nc3-c3nc4ccc(C5CCN(C)CC5)cc4[nH]3)C[C@H]2C)n1. The van der Waals surface area contributed by atoms with Crippen LogP contribution in [0.15, 0.2) is 18.2 Å². The summed E-state index contributed by atoms with van der Waals surface area (Å²) in [6.45, 7) is 8.73. The van der Waals surface area contributed by atoms with Crippen molar-refractivity contribution in [3.63, 3.8) is 0 Å². The second kappa shape index (κ2) is 11.0. The average Bonchev–Trinajstić information content (AvgIpc) is 3.64. The van der Waals surface area contributed by atoms with Crippen molar-refractivity contribution in [2.75, 3.05) is 44.7 Å². The van der Waals surface area contributed by atoms with Gasteiger partial charge in [0.25, 0.3) is 0 Å². The lowest BCUT2D eigenvalue weighted by atomic mass is 9.89. The third-order valence-electron chi connectivity index (χ3n) is 8.25. The number of carbonyl (C=O) groups excluding carboxylic acids is 1. The van der Waals surface area contributed by atoms with Crippen LogP contribution < -0.4 is 4.90 Å². The number of nitrogens with zero attached hydrogens (tertiary/aromatic N) is 8. The van der Waals surface area contributed by atoms with Crippen molar-refractivity contribution < 1.29 is 18.0 Å². The molecule has 1 atom stereocenters. The van der Waals surface area contributed by atoms with E-state index < -0.39 is 11.2 Å². The molecule has 2 aliphatic rings. The highest BCUT2D eigenvalue weighted by Crippen LogP contribution is 2.43. The van der Waals surface area contributed by atoms with E-state index in [-0.39, 0.29) is 24.2 Å².